The molecule has 0 unspecified atom stereocenters. The maximum Gasteiger partial charge on any atom is 0.257 e. The van der Waals surface area contributed by atoms with E-state index in [9.17, 15) is 9.18 Å². The van der Waals surface area contributed by atoms with Crippen LogP contribution in [0.4, 0.5) is 4.39 Å². The zero-order chi connectivity index (χ0) is 18.8. The SMILES string of the molecule is O=C(c1cc(Cl)ccc1F)N1CCN(Cc2nnc(-c3cccs3)o2)CC1. The summed E-state index contributed by atoms with van der Waals surface area (Å²) in [7, 11) is 0. The minimum Gasteiger partial charge on any atom is -0.419 e. The number of piperazine rings is 1. The number of carbonyl (C=O) groups is 1. The largest absolute Gasteiger partial charge is 0.419 e. The van der Waals surface area contributed by atoms with Crippen molar-refractivity contribution >= 4 is 28.8 Å². The first-order chi connectivity index (χ1) is 13.1. The first-order valence-corrected chi connectivity index (χ1v) is 9.69. The highest BCUT2D eigenvalue weighted by molar-refractivity contribution is 7.13. The van der Waals surface area contributed by atoms with Crippen molar-refractivity contribution in [1.29, 1.82) is 0 Å². The Morgan fingerprint density at radius 1 is 1.22 bits per heavy atom. The number of rotatable bonds is 4. The number of hydrogen-bond donors (Lipinski definition) is 0. The van der Waals surface area contributed by atoms with Gasteiger partial charge < -0.3 is 9.32 Å². The van der Waals surface area contributed by atoms with E-state index in [-0.39, 0.29) is 11.5 Å². The molecule has 1 aliphatic rings. The molecule has 1 aromatic carbocycles. The fourth-order valence-corrected chi connectivity index (χ4v) is 3.77. The van der Waals surface area contributed by atoms with E-state index >= 15 is 0 Å². The molecule has 140 valence electrons. The number of nitrogens with zero attached hydrogens (tertiary/aromatic N) is 4. The molecule has 6 nitrogen and oxygen atoms in total. The molecule has 1 amide bonds. The van der Waals surface area contributed by atoms with Crippen LogP contribution in [0.5, 0.6) is 0 Å². The molecule has 1 aliphatic heterocycles. The molecule has 0 N–H and O–H groups in total. The van der Waals surface area contributed by atoms with E-state index < -0.39 is 5.82 Å². The Bertz CT molecular complexity index is 939. The van der Waals surface area contributed by atoms with Crippen LogP contribution in [0.1, 0.15) is 16.2 Å². The molecule has 2 aromatic heterocycles. The smallest absolute Gasteiger partial charge is 0.257 e. The van der Waals surface area contributed by atoms with E-state index in [1.165, 1.54) is 18.2 Å². The Hall–Kier alpha value is -2.29. The number of aromatic nitrogens is 2. The molecule has 1 saturated heterocycles. The molecule has 9 heteroatoms. The summed E-state index contributed by atoms with van der Waals surface area (Å²) in [5.74, 6) is 0.163. The number of halogens is 2. The van der Waals surface area contributed by atoms with E-state index in [0.29, 0.717) is 49.5 Å². The minimum atomic E-state index is -0.557. The summed E-state index contributed by atoms with van der Waals surface area (Å²) in [4.78, 5) is 17.2. The van der Waals surface area contributed by atoms with Gasteiger partial charge in [0.15, 0.2) is 0 Å². The van der Waals surface area contributed by atoms with Gasteiger partial charge in [0.1, 0.15) is 5.82 Å². The normalized spacial score (nSPS) is 15.3. The van der Waals surface area contributed by atoms with Crippen molar-refractivity contribution < 1.29 is 13.6 Å². The zero-order valence-electron chi connectivity index (χ0n) is 14.3. The van der Waals surface area contributed by atoms with Crippen molar-refractivity contribution in [3.8, 4) is 10.8 Å². The van der Waals surface area contributed by atoms with E-state index in [4.69, 9.17) is 16.0 Å². The Kier molecular flexibility index (Phi) is 5.20. The van der Waals surface area contributed by atoms with Crippen molar-refractivity contribution in [2.75, 3.05) is 26.2 Å². The number of benzene rings is 1. The molecule has 0 spiro atoms. The van der Waals surface area contributed by atoms with Crippen molar-refractivity contribution in [3.63, 3.8) is 0 Å². The summed E-state index contributed by atoms with van der Waals surface area (Å²) in [5.41, 5.74) is 0.00782. The number of carbonyl (C=O) groups excluding carboxylic acids is 1. The van der Waals surface area contributed by atoms with Gasteiger partial charge in [-0.2, -0.15) is 0 Å². The van der Waals surface area contributed by atoms with Crippen molar-refractivity contribution in [2.24, 2.45) is 0 Å². The van der Waals surface area contributed by atoms with Crippen LogP contribution in [0.3, 0.4) is 0 Å². The molecule has 0 radical (unpaired) electrons. The highest BCUT2D eigenvalue weighted by Gasteiger charge is 2.25. The van der Waals surface area contributed by atoms with Crippen molar-refractivity contribution in [2.45, 2.75) is 6.54 Å². The summed E-state index contributed by atoms with van der Waals surface area (Å²) in [6, 6.07) is 7.88. The monoisotopic (exact) mass is 406 g/mol. The van der Waals surface area contributed by atoms with E-state index in [1.54, 1.807) is 16.2 Å². The van der Waals surface area contributed by atoms with E-state index in [1.807, 2.05) is 17.5 Å². The van der Waals surface area contributed by atoms with Crippen LogP contribution in [0.25, 0.3) is 10.8 Å². The average molecular weight is 407 g/mol. The van der Waals surface area contributed by atoms with Gasteiger partial charge in [-0.25, -0.2) is 4.39 Å². The van der Waals surface area contributed by atoms with Crippen molar-refractivity contribution in [1.82, 2.24) is 20.0 Å². The van der Waals surface area contributed by atoms with Crippen LogP contribution < -0.4 is 0 Å². The van der Waals surface area contributed by atoms with Gasteiger partial charge in [0.05, 0.1) is 17.0 Å². The van der Waals surface area contributed by atoms with Gasteiger partial charge in [-0.3, -0.25) is 9.69 Å². The fourth-order valence-electron chi connectivity index (χ4n) is 2.95. The van der Waals surface area contributed by atoms with Gasteiger partial charge in [0.2, 0.25) is 5.89 Å². The second kappa shape index (κ2) is 7.75. The molecular formula is C18H16ClFN4O2S. The second-order valence-electron chi connectivity index (χ2n) is 6.17. The molecule has 0 bridgehead atoms. The molecule has 0 atom stereocenters. The van der Waals surface area contributed by atoms with Crippen LogP contribution in [-0.4, -0.2) is 52.1 Å². The van der Waals surface area contributed by atoms with Crippen LogP contribution in [-0.2, 0) is 6.54 Å². The lowest BCUT2D eigenvalue weighted by molar-refractivity contribution is 0.0614. The quantitative estimate of drug-likeness (QED) is 0.663. The van der Waals surface area contributed by atoms with E-state index in [2.05, 4.69) is 15.1 Å². The maximum atomic E-state index is 13.9. The van der Waals surface area contributed by atoms with Gasteiger partial charge in [0.25, 0.3) is 11.8 Å². The summed E-state index contributed by atoms with van der Waals surface area (Å²) in [6.07, 6.45) is 0. The molecule has 3 heterocycles. The van der Waals surface area contributed by atoms with Gasteiger partial charge in [0, 0.05) is 31.2 Å². The lowest BCUT2D eigenvalue weighted by Crippen LogP contribution is -2.48. The van der Waals surface area contributed by atoms with Gasteiger partial charge >= 0.3 is 0 Å². The summed E-state index contributed by atoms with van der Waals surface area (Å²) in [6.45, 7) is 2.80. The number of amides is 1. The third-order valence-electron chi connectivity index (χ3n) is 4.38. The molecule has 3 aromatic rings. The van der Waals surface area contributed by atoms with Crippen LogP contribution in [0.2, 0.25) is 5.02 Å². The summed E-state index contributed by atoms with van der Waals surface area (Å²) in [5, 5.41) is 10.5. The Labute approximate surface area is 164 Å². The second-order valence-corrected chi connectivity index (χ2v) is 7.55. The molecule has 27 heavy (non-hydrogen) atoms. The summed E-state index contributed by atoms with van der Waals surface area (Å²) >= 11 is 7.43. The predicted molar refractivity (Wildman–Crippen MR) is 100 cm³/mol. The highest BCUT2D eigenvalue weighted by atomic mass is 35.5. The van der Waals surface area contributed by atoms with E-state index in [0.717, 1.165) is 4.88 Å². The van der Waals surface area contributed by atoms with Crippen LogP contribution >= 0.6 is 22.9 Å². The topological polar surface area (TPSA) is 62.5 Å². The standard InChI is InChI=1S/C18H16ClFN4O2S/c19-12-3-4-14(20)13(10-12)18(25)24-7-5-23(6-8-24)11-16-21-22-17(26-16)15-2-1-9-27-15/h1-4,9-10H,5-8,11H2. The van der Waals surface area contributed by atoms with Gasteiger partial charge in [-0.05, 0) is 29.6 Å². The maximum absolute atomic E-state index is 13.9. The first kappa shape index (κ1) is 18.1. The molecule has 1 fully saturated rings. The van der Waals surface area contributed by atoms with Gasteiger partial charge in [-0.15, -0.1) is 21.5 Å². The number of hydrogen-bond acceptors (Lipinski definition) is 6. The number of thiophene rings is 1. The Morgan fingerprint density at radius 2 is 2.04 bits per heavy atom. The lowest BCUT2D eigenvalue weighted by atomic mass is 10.1. The molecule has 0 saturated carbocycles. The fraction of sp³-hybridized carbons (Fsp3) is 0.278. The Morgan fingerprint density at radius 3 is 2.78 bits per heavy atom. The molecule has 4 rings (SSSR count). The third-order valence-corrected chi connectivity index (χ3v) is 5.47. The summed E-state index contributed by atoms with van der Waals surface area (Å²) < 4.78 is 19.6. The van der Waals surface area contributed by atoms with Crippen LogP contribution in [0.15, 0.2) is 40.1 Å². The average Bonchev–Trinajstić information content (AvgIpc) is 3.35. The molecule has 0 aliphatic carbocycles. The Balaban J connectivity index is 1.35. The van der Waals surface area contributed by atoms with Gasteiger partial charge in [-0.1, -0.05) is 17.7 Å². The third kappa shape index (κ3) is 4.02. The van der Waals surface area contributed by atoms with Crippen molar-refractivity contribution in [3.05, 3.63) is 58.0 Å². The predicted octanol–water partition coefficient (Wildman–Crippen LogP) is 3.55. The minimum absolute atomic E-state index is 0.00782. The highest BCUT2D eigenvalue weighted by Crippen LogP contribution is 2.23. The first-order valence-electron chi connectivity index (χ1n) is 8.43. The van der Waals surface area contributed by atoms with Crippen LogP contribution in [0, 0.1) is 5.82 Å². The zero-order valence-corrected chi connectivity index (χ0v) is 15.8. The molecular weight excluding hydrogens is 391 g/mol. The lowest BCUT2D eigenvalue weighted by Gasteiger charge is -2.34.